The molecular weight excluding hydrogens is 316 g/mol. The van der Waals surface area contributed by atoms with Crippen LogP contribution in [0.15, 0.2) is 36.4 Å². The zero-order valence-corrected chi connectivity index (χ0v) is 11.6. The average Bonchev–Trinajstić information content (AvgIpc) is 2.30. The second kappa shape index (κ2) is 5.95. The molecule has 0 saturated carbocycles. The van der Waals surface area contributed by atoms with E-state index in [2.05, 4.69) is 4.74 Å². The molecule has 0 aliphatic heterocycles. The van der Waals surface area contributed by atoms with Crippen molar-refractivity contribution >= 4 is 34.8 Å². The van der Waals surface area contributed by atoms with E-state index in [0.29, 0.717) is 15.6 Å². The van der Waals surface area contributed by atoms with Crippen LogP contribution in [0.3, 0.4) is 0 Å². The van der Waals surface area contributed by atoms with Crippen LogP contribution < -0.4 is 4.74 Å². The van der Waals surface area contributed by atoms with Crippen LogP contribution in [-0.4, -0.2) is 6.61 Å². The maximum atomic E-state index is 12.1. The van der Waals surface area contributed by atoms with Crippen LogP contribution in [-0.2, 0) is 0 Å². The summed E-state index contributed by atoms with van der Waals surface area (Å²) in [5.74, 6) is -0.0754. The molecule has 0 atom stereocenters. The average molecular weight is 324 g/mol. The third kappa shape index (κ3) is 3.72. The molecule has 2 rings (SSSR count). The van der Waals surface area contributed by atoms with E-state index in [1.54, 1.807) is 24.3 Å². The number of halogens is 5. The van der Waals surface area contributed by atoms with Gasteiger partial charge >= 0.3 is 6.61 Å². The summed E-state index contributed by atoms with van der Waals surface area (Å²) in [6, 6.07) is 9.49. The van der Waals surface area contributed by atoms with Gasteiger partial charge in [-0.15, -0.1) is 0 Å². The van der Waals surface area contributed by atoms with Crippen molar-refractivity contribution in [3.8, 4) is 16.9 Å². The van der Waals surface area contributed by atoms with Crippen molar-refractivity contribution in [3.63, 3.8) is 0 Å². The van der Waals surface area contributed by atoms with Gasteiger partial charge in [0.25, 0.3) is 0 Å². The first-order valence-electron chi connectivity index (χ1n) is 5.16. The highest BCUT2D eigenvalue weighted by atomic mass is 35.5. The maximum Gasteiger partial charge on any atom is 0.387 e. The van der Waals surface area contributed by atoms with Crippen molar-refractivity contribution in [3.05, 3.63) is 51.5 Å². The number of ether oxygens (including phenoxy) is 1. The highest BCUT2D eigenvalue weighted by Gasteiger charge is 2.10. The minimum Gasteiger partial charge on any atom is -0.433 e. The first-order valence-corrected chi connectivity index (χ1v) is 6.30. The zero-order chi connectivity index (χ0) is 14.0. The molecule has 6 heteroatoms. The van der Waals surface area contributed by atoms with E-state index < -0.39 is 6.61 Å². The molecule has 1 nitrogen and oxygen atoms in total. The lowest BCUT2D eigenvalue weighted by Gasteiger charge is -2.09. The summed E-state index contributed by atoms with van der Waals surface area (Å²) in [4.78, 5) is 0. The Bertz CT molecular complexity index is 582. The molecule has 0 spiro atoms. The van der Waals surface area contributed by atoms with Crippen molar-refractivity contribution in [2.24, 2.45) is 0 Å². The molecule has 19 heavy (non-hydrogen) atoms. The molecule has 0 saturated heterocycles. The molecule has 0 radical (unpaired) electrons. The summed E-state index contributed by atoms with van der Waals surface area (Å²) in [6.07, 6.45) is 0. The van der Waals surface area contributed by atoms with Crippen molar-refractivity contribution in [2.75, 3.05) is 0 Å². The second-order valence-electron chi connectivity index (χ2n) is 3.68. The van der Waals surface area contributed by atoms with Crippen LogP contribution in [0.4, 0.5) is 8.78 Å². The Labute approximate surface area is 123 Å². The van der Waals surface area contributed by atoms with E-state index in [1.807, 2.05) is 0 Å². The number of hydrogen-bond donors (Lipinski definition) is 0. The molecule has 0 fully saturated rings. The van der Waals surface area contributed by atoms with Crippen LogP contribution in [0.2, 0.25) is 15.1 Å². The Balaban J connectivity index is 2.38. The Morgan fingerprint density at radius 3 is 2.00 bits per heavy atom. The standard InChI is InChI=1S/C13H7Cl3F2O/c14-9-3-8(4-10(15)6-9)7-1-2-12(11(16)5-7)19-13(17)18/h1-6,13H. The lowest BCUT2D eigenvalue weighted by atomic mass is 10.1. The molecule has 2 aromatic carbocycles. The fraction of sp³-hybridized carbons (Fsp3) is 0.0769. The van der Waals surface area contributed by atoms with Gasteiger partial charge in [-0.3, -0.25) is 0 Å². The van der Waals surface area contributed by atoms with Crippen molar-refractivity contribution in [2.45, 2.75) is 6.61 Å². The van der Waals surface area contributed by atoms with Gasteiger partial charge in [-0.05, 0) is 41.5 Å². The maximum absolute atomic E-state index is 12.1. The smallest absolute Gasteiger partial charge is 0.387 e. The molecule has 0 unspecified atom stereocenters. The summed E-state index contributed by atoms with van der Waals surface area (Å²) in [5.41, 5.74) is 1.44. The molecular formula is C13H7Cl3F2O. The zero-order valence-electron chi connectivity index (χ0n) is 9.34. The predicted octanol–water partition coefficient (Wildman–Crippen LogP) is 5.92. The van der Waals surface area contributed by atoms with Crippen LogP contribution >= 0.6 is 34.8 Å². The van der Waals surface area contributed by atoms with Crippen LogP contribution in [0.25, 0.3) is 11.1 Å². The minimum absolute atomic E-state index is 0.0754. The molecule has 100 valence electrons. The van der Waals surface area contributed by atoms with Crippen molar-refractivity contribution < 1.29 is 13.5 Å². The molecule has 0 amide bonds. The Kier molecular flexibility index (Phi) is 4.50. The molecule has 0 aliphatic rings. The summed E-state index contributed by atoms with van der Waals surface area (Å²) < 4.78 is 28.5. The van der Waals surface area contributed by atoms with Gasteiger partial charge in [-0.1, -0.05) is 40.9 Å². The lowest BCUT2D eigenvalue weighted by Crippen LogP contribution is -2.02. The quantitative estimate of drug-likeness (QED) is 0.681. The fourth-order valence-electron chi connectivity index (χ4n) is 1.59. The topological polar surface area (TPSA) is 9.23 Å². The Hall–Kier alpha value is -1.03. The molecule has 0 bridgehead atoms. The SMILES string of the molecule is FC(F)Oc1ccc(-c2cc(Cl)cc(Cl)c2)cc1Cl. The van der Waals surface area contributed by atoms with Gasteiger partial charge < -0.3 is 4.74 Å². The lowest BCUT2D eigenvalue weighted by molar-refractivity contribution is -0.0497. The minimum atomic E-state index is -2.91. The third-order valence-corrected chi connectivity index (χ3v) is 3.08. The molecule has 2 aromatic rings. The summed E-state index contributed by atoms with van der Waals surface area (Å²) in [6.45, 7) is -2.91. The van der Waals surface area contributed by atoms with Crippen LogP contribution in [0, 0.1) is 0 Å². The number of benzene rings is 2. The van der Waals surface area contributed by atoms with E-state index >= 15 is 0 Å². The number of rotatable bonds is 3. The first kappa shape index (κ1) is 14.4. The normalized spacial score (nSPS) is 10.8. The van der Waals surface area contributed by atoms with E-state index in [0.717, 1.165) is 5.56 Å². The van der Waals surface area contributed by atoms with Crippen molar-refractivity contribution in [1.29, 1.82) is 0 Å². The Morgan fingerprint density at radius 1 is 0.842 bits per heavy atom. The predicted molar refractivity (Wildman–Crippen MR) is 73.5 cm³/mol. The monoisotopic (exact) mass is 322 g/mol. The highest BCUT2D eigenvalue weighted by Crippen LogP contribution is 2.33. The van der Waals surface area contributed by atoms with Gasteiger partial charge in [0.15, 0.2) is 0 Å². The van der Waals surface area contributed by atoms with Gasteiger partial charge in [0.1, 0.15) is 5.75 Å². The highest BCUT2D eigenvalue weighted by molar-refractivity contribution is 6.35. The van der Waals surface area contributed by atoms with Crippen molar-refractivity contribution in [1.82, 2.24) is 0 Å². The van der Waals surface area contributed by atoms with E-state index in [4.69, 9.17) is 34.8 Å². The molecule has 0 aliphatic carbocycles. The van der Waals surface area contributed by atoms with Gasteiger partial charge in [0.05, 0.1) is 5.02 Å². The Morgan fingerprint density at radius 2 is 1.47 bits per heavy atom. The van der Waals surface area contributed by atoms with E-state index in [-0.39, 0.29) is 10.8 Å². The largest absolute Gasteiger partial charge is 0.433 e. The molecule has 0 heterocycles. The summed E-state index contributed by atoms with van der Waals surface area (Å²) in [7, 11) is 0. The van der Waals surface area contributed by atoms with E-state index in [9.17, 15) is 8.78 Å². The summed E-state index contributed by atoms with van der Waals surface area (Å²) in [5, 5.41) is 1.05. The molecule has 0 aromatic heterocycles. The summed E-state index contributed by atoms with van der Waals surface area (Å²) >= 11 is 17.7. The second-order valence-corrected chi connectivity index (χ2v) is 4.96. The van der Waals surface area contributed by atoms with Crippen LogP contribution in [0.1, 0.15) is 0 Å². The first-order chi connectivity index (χ1) is 8.95. The number of alkyl halides is 2. The van der Waals surface area contributed by atoms with Crippen LogP contribution in [0.5, 0.6) is 5.75 Å². The third-order valence-electron chi connectivity index (χ3n) is 2.34. The van der Waals surface area contributed by atoms with Gasteiger partial charge in [0, 0.05) is 10.0 Å². The fourth-order valence-corrected chi connectivity index (χ4v) is 2.34. The van der Waals surface area contributed by atoms with Gasteiger partial charge in [0.2, 0.25) is 0 Å². The van der Waals surface area contributed by atoms with Gasteiger partial charge in [-0.25, -0.2) is 0 Å². The molecule has 0 N–H and O–H groups in total. The van der Waals surface area contributed by atoms with Gasteiger partial charge in [-0.2, -0.15) is 8.78 Å². The van der Waals surface area contributed by atoms with E-state index in [1.165, 1.54) is 12.1 Å². The number of hydrogen-bond acceptors (Lipinski definition) is 1.